The van der Waals surface area contributed by atoms with Crippen molar-refractivity contribution in [2.24, 2.45) is 4.99 Å². The van der Waals surface area contributed by atoms with Crippen molar-refractivity contribution in [3.8, 4) is 0 Å². The molecule has 10 heteroatoms. The number of hydrogen-bond donors (Lipinski definition) is 2. The van der Waals surface area contributed by atoms with Crippen molar-refractivity contribution in [1.29, 1.82) is 0 Å². The zero-order valence-electron chi connectivity index (χ0n) is 18.7. The molecule has 0 atom stereocenters. The number of nitrogens with zero attached hydrogens (tertiary/aromatic N) is 7. The Kier molecular flexibility index (Phi) is 9.03. The topological polar surface area (TPSA) is 86.0 Å². The van der Waals surface area contributed by atoms with E-state index in [1.165, 1.54) is 0 Å². The molecule has 1 saturated heterocycles. The van der Waals surface area contributed by atoms with E-state index < -0.39 is 0 Å². The zero-order chi connectivity index (χ0) is 21.5. The van der Waals surface area contributed by atoms with Crippen LogP contribution in [0.25, 0.3) is 5.65 Å². The summed E-state index contributed by atoms with van der Waals surface area (Å²) in [4.78, 5) is 14.2. The average Bonchev–Trinajstić information content (AvgIpc) is 3.24. The number of halogens is 1. The summed E-state index contributed by atoms with van der Waals surface area (Å²) in [7, 11) is 0. The van der Waals surface area contributed by atoms with Crippen LogP contribution in [0.15, 0.2) is 47.7 Å². The van der Waals surface area contributed by atoms with Crippen molar-refractivity contribution in [1.82, 2.24) is 35.1 Å². The van der Waals surface area contributed by atoms with Gasteiger partial charge in [-0.05, 0) is 43.3 Å². The van der Waals surface area contributed by atoms with Gasteiger partial charge in [-0.2, -0.15) is 0 Å². The van der Waals surface area contributed by atoms with Gasteiger partial charge < -0.3 is 20.4 Å². The van der Waals surface area contributed by atoms with Gasteiger partial charge in [-0.1, -0.05) is 13.0 Å². The monoisotopic (exact) mass is 549 g/mol. The molecule has 1 aliphatic rings. The highest BCUT2D eigenvalue weighted by molar-refractivity contribution is 14.0. The molecule has 2 N–H and O–H groups in total. The normalized spacial score (nSPS) is 14.9. The number of aromatic nitrogens is 4. The van der Waals surface area contributed by atoms with E-state index in [0.717, 1.165) is 68.1 Å². The molecule has 4 heterocycles. The first kappa shape index (κ1) is 24.2. The first-order valence-electron chi connectivity index (χ1n) is 11.0. The fourth-order valence-electron chi connectivity index (χ4n) is 3.71. The van der Waals surface area contributed by atoms with Gasteiger partial charge in [-0.25, -0.2) is 9.98 Å². The minimum Gasteiger partial charge on any atom is -0.357 e. The summed E-state index contributed by atoms with van der Waals surface area (Å²) < 4.78 is 1.98. The second-order valence-electron chi connectivity index (χ2n) is 7.54. The number of piperazine rings is 1. The lowest BCUT2D eigenvalue weighted by atomic mass is 10.2. The molecule has 1 fully saturated rings. The van der Waals surface area contributed by atoms with Gasteiger partial charge in [-0.3, -0.25) is 4.40 Å². The Morgan fingerprint density at radius 2 is 1.91 bits per heavy atom. The van der Waals surface area contributed by atoms with E-state index in [0.29, 0.717) is 13.1 Å². The molecular weight excluding hydrogens is 517 g/mol. The number of likely N-dealkylation sites (N-methyl/N-ethyl adjacent to an activating group) is 1. The van der Waals surface area contributed by atoms with E-state index in [2.05, 4.69) is 55.5 Å². The number of pyridine rings is 2. The van der Waals surface area contributed by atoms with Crippen LogP contribution in [0.2, 0.25) is 0 Å². The summed E-state index contributed by atoms with van der Waals surface area (Å²) >= 11 is 0. The predicted octanol–water partition coefficient (Wildman–Crippen LogP) is 2.14. The zero-order valence-corrected chi connectivity index (χ0v) is 21.1. The quantitative estimate of drug-likeness (QED) is 0.266. The van der Waals surface area contributed by atoms with Gasteiger partial charge in [0.25, 0.3) is 0 Å². The highest BCUT2D eigenvalue weighted by atomic mass is 127. The molecule has 0 aliphatic carbocycles. The number of aliphatic imine (C=N–C) groups is 1. The molecule has 1 aliphatic heterocycles. The largest absolute Gasteiger partial charge is 0.357 e. The van der Waals surface area contributed by atoms with Crippen LogP contribution in [0.3, 0.4) is 0 Å². The van der Waals surface area contributed by atoms with Crippen molar-refractivity contribution in [2.75, 3.05) is 44.2 Å². The molecule has 0 aromatic carbocycles. The lowest BCUT2D eigenvalue weighted by Gasteiger charge is -2.34. The third-order valence-corrected chi connectivity index (χ3v) is 5.52. The molecule has 3 aromatic rings. The van der Waals surface area contributed by atoms with Crippen LogP contribution in [-0.4, -0.2) is 69.7 Å². The van der Waals surface area contributed by atoms with Gasteiger partial charge in [0.15, 0.2) is 17.4 Å². The Morgan fingerprint density at radius 1 is 1.06 bits per heavy atom. The third-order valence-electron chi connectivity index (χ3n) is 5.52. The van der Waals surface area contributed by atoms with Gasteiger partial charge in [-0.15, -0.1) is 34.2 Å². The highest BCUT2D eigenvalue weighted by Crippen LogP contribution is 2.15. The van der Waals surface area contributed by atoms with Crippen molar-refractivity contribution in [3.05, 3.63) is 54.1 Å². The maximum Gasteiger partial charge on any atom is 0.191 e. The molecule has 0 radical (unpaired) electrons. The number of hydrogen-bond acceptors (Lipinski definition) is 6. The highest BCUT2D eigenvalue weighted by Gasteiger charge is 2.16. The minimum absolute atomic E-state index is 0. The summed E-state index contributed by atoms with van der Waals surface area (Å²) in [6, 6.07) is 10.1. The standard InChI is InChI=1S/C22H31N9.HI/c1-3-23-22(26-17-21-28-27-19-7-5-6-10-31(19)21)25-16-18-8-9-24-20(15-18)30-13-11-29(4-2)12-14-30;/h5-10,15H,3-4,11-14,16-17H2,1-2H3,(H2,23,25,26);1H. The lowest BCUT2D eigenvalue weighted by molar-refractivity contribution is 0.270. The second-order valence-corrected chi connectivity index (χ2v) is 7.54. The maximum absolute atomic E-state index is 4.76. The molecular formula is C22H32IN9. The second kappa shape index (κ2) is 12.0. The molecule has 4 rings (SSSR count). The smallest absolute Gasteiger partial charge is 0.191 e. The first-order chi connectivity index (χ1) is 15.3. The first-order valence-corrected chi connectivity index (χ1v) is 11.0. The lowest BCUT2D eigenvalue weighted by Crippen LogP contribution is -2.46. The fourth-order valence-corrected chi connectivity index (χ4v) is 3.71. The van der Waals surface area contributed by atoms with Crippen LogP contribution < -0.4 is 15.5 Å². The van der Waals surface area contributed by atoms with Crippen LogP contribution in [-0.2, 0) is 13.1 Å². The van der Waals surface area contributed by atoms with Crippen molar-refractivity contribution in [3.63, 3.8) is 0 Å². The summed E-state index contributed by atoms with van der Waals surface area (Å²) in [6.07, 6.45) is 3.85. The van der Waals surface area contributed by atoms with Gasteiger partial charge in [0, 0.05) is 45.1 Å². The number of fused-ring (bicyclic) bond motifs is 1. The summed E-state index contributed by atoms with van der Waals surface area (Å²) in [5.74, 6) is 2.64. The Hall–Kier alpha value is -2.47. The molecule has 0 amide bonds. The van der Waals surface area contributed by atoms with Gasteiger partial charge in [0.05, 0.1) is 13.1 Å². The Labute approximate surface area is 206 Å². The average molecular weight is 549 g/mol. The number of rotatable bonds is 7. The Balaban J connectivity index is 0.00000289. The van der Waals surface area contributed by atoms with Crippen LogP contribution >= 0.6 is 24.0 Å². The Morgan fingerprint density at radius 3 is 2.69 bits per heavy atom. The Bertz CT molecular complexity index is 1010. The van der Waals surface area contributed by atoms with Crippen LogP contribution in [0.4, 0.5) is 5.82 Å². The van der Waals surface area contributed by atoms with Crippen molar-refractivity contribution in [2.45, 2.75) is 26.9 Å². The van der Waals surface area contributed by atoms with E-state index >= 15 is 0 Å². The van der Waals surface area contributed by atoms with E-state index in [9.17, 15) is 0 Å². The predicted molar refractivity (Wildman–Crippen MR) is 139 cm³/mol. The molecule has 172 valence electrons. The van der Waals surface area contributed by atoms with Crippen LogP contribution in [0, 0.1) is 0 Å². The SMILES string of the molecule is CCNC(=NCc1ccnc(N2CCN(CC)CC2)c1)NCc1nnc2ccccn12.I. The van der Waals surface area contributed by atoms with Gasteiger partial charge in [0.1, 0.15) is 5.82 Å². The van der Waals surface area contributed by atoms with E-state index in [1.807, 2.05) is 41.1 Å². The summed E-state index contributed by atoms with van der Waals surface area (Å²) in [5, 5.41) is 15.1. The molecule has 9 nitrogen and oxygen atoms in total. The minimum atomic E-state index is 0. The molecule has 32 heavy (non-hydrogen) atoms. The van der Waals surface area contributed by atoms with Crippen molar-refractivity contribution >= 4 is 41.4 Å². The van der Waals surface area contributed by atoms with Gasteiger partial charge >= 0.3 is 0 Å². The van der Waals surface area contributed by atoms with Gasteiger partial charge in [0.2, 0.25) is 0 Å². The molecule has 0 unspecified atom stereocenters. The maximum atomic E-state index is 4.76. The molecule has 3 aromatic heterocycles. The number of anilines is 1. The van der Waals surface area contributed by atoms with E-state index in [1.54, 1.807) is 0 Å². The number of guanidine groups is 1. The fraction of sp³-hybridized carbons (Fsp3) is 0.455. The molecule has 0 saturated carbocycles. The van der Waals surface area contributed by atoms with Crippen LogP contribution in [0.1, 0.15) is 25.2 Å². The number of nitrogens with one attached hydrogen (secondary N) is 2. The third kappa shape index (κ3) is 6.06. The molecule has 0 bridgehead atoms. The summed E-state index contributed by atoms with van der Waals surface area (Å²) in [6.45, 7) is 11.5. The van der Waals surface area contributed by atoms with E-state index in [-0.39, 0.29) is 24.0 Å². The molecule has 0 spiro atoms. The summed E-state index contributed by atoms with van der Waals surface area (Å²) in [5.41, 5.74) is 1.98. The van der Waals surface area contributed by atoms with E-state index in [4.69, 9.17) is 4.99 Å². The van der Waals surface area contributed by atoms with Crippen molar-refractivity contribution < 1.29 is 0 Å². The van der Waals surface area contributed by atoms with Crippen LogP contribution in [0.5, 0.6) is 0 Å².